The standard InChI is InChI=1S/C27H43N3OSi/c1-5-7-9-10-11-16-24-20-30-25(21-29-24)27-26(17-12-18-28-27)31-32-19-13-15-23(4)22(3)14-8-6-2/h12,17-18,20-23H,5-11,13-16,19H2,1-4H3. The van der Waals surface area contributed by atoms with Gasteiger partial charge in [0.2, 0.25) is 0 Å². The highest BCUT2D eigenvalue weighted by atomic mass is 28.2. The largest absolute Gasteiger partial charge is 0.539 e. The number of rotatable bonds is 17. The first-order chi connectivity index (χ1) is 15.7. The molecule has 2 radical (unpaired) electrons. The molecule has 32 heavy (non-hydrogen) atoms. The second-order valence-corrected chi connectivity index (χ2v) is 10.1. The average molecular weight is 454 g/mol. The quantitative estimate of drug-likeness (QED) is 0.182. The fourth-order valence-electron chi connectivity index (χ4n) is 3.90. The molecular formula is C27H43N3OSi. The van der Waals surface area contributed by atoms with Crippen LogP contribution in [-0.4, -0.2) is 24.7 Å². The minimum absolute atomic E-state index is 0.454. The summed E-state index contributed by atoms with van der Waals surface area (Å²) in [7, 11) is 0.454. The van der Waals surface area contributed by atoms with Gasteiger partial charge in [-0.1, -0.05) is 85.5 Å². The molecule has 0 saturated carbocycles. The molecule has 2 unspecified atom stereocenters. The van der Waals surface area contributed by atoms with E-state index in [4.69, 9.17) is 4.43 Å². The van der Waals surface area contributed by atoms with E-state index >= 15 is 0 Å². The van der Waals surface area contributed by atoms with Crippen molar-refractivity contribution >= 4 is 9.76 Å². The zero-order valence-corrected chi connectivity index (χ0v) is 21.8. The summed E-state index contributed by atoms with van der Waals surface area (Å²) in [6.45, 7) is 9.33. The fraction of sp³-hybridized carbons (Fsp3) is 0.667. The zero-order chi connectivity index (χ0) is 23.0. The Hall–Kier alpha value is -1.75. The molecule has 0 bridgehead atoms. The van der Waals surface area contributed by atoms with E-state index in [9.17, 15) is 0 Å². The first-order valence-corrected chi connectivity index (χ1v) is 13.9. The molecule has 0 saturated heterocycles. The van der Waals surface area contributed by atoms with Crippen LogP contribution in [-0.2, 0) is 6.42 Å². The Balaban J connectivity index is 1.78. The first kappa shape index (κ1) is 26.5. The number of nitrogens with zero attached hydrogens (tertiary/aromatic N) is 3. The van der Waals surface area contributed by atoms with E-state index in [0.29, 0.717) is 9.76 Å². The summed E-state index contributed by atoms with van der Waals surface area (Å²) in [4.78, 5) is 13.8. The lowest BCUT2D eigenvalue weighted by molar-refractivity contribution is 0.333. The van der Waals surface area contributed by atoms with E-state index in [0.717, 1.165) is 47.1 Å². The van der Waals surface area contributed by atoms with Crippen molar-refractivity contribution in [1.82, 2.24) is 15.0 Å². The lowest BCUT2D eigenvalue weighted by atomic mass is 9.88. The number of unbranched alkanes of at least 4 members (excludes halogenated alkanes) is 5. The van der Waals surface area contributed by atoms with E-state index in [2.05, 4.69) is 42.6 Å². The fourth-order valence-corrected chi connectivity index (χ4v) is 4.67. The Labute approximate surface area is 199 Å². The highest BCUT2D eigenvalue weighted by Crippen LogP contribution is 2.26. The van der Waals surface area contributed by atoms with Gasteiger partial charge < -0.3 is 4.43 Å². The summed E-state index contributed by atoms with van der Waals surface area (Å²) < 4.78 is 6.13. The van der Waals surface area contributed by atoms with Crippen molar-refractivity contribution in [2.75, 3.05) is 0 Å². The Morgan fingerprint density at radius 1 is 0.844 bits per heavy atom. The Bertz CT molecular complexity index is 738. The van der Waals surface area contributed by atoms with Crippen molar-refractivity contribution in [3.8, 4) is 17.1 Å². The molecule has 0 amide bonds. The molecule has 0 aliphatic heterocycles. The van der Waals surface area contributed by atoms with Gasteiger partial charge >= 0.3 is 9.76 Å². The second kappa shape index (κ2) is 16.0. The normalized spacial score (nSPS) is 13.1. The van der Waals surface area contributed by atoms with Crippen LogP contribution in [0.3, 0.4) is 0 Å². The lowest BCUT2D eigenvalue weighted by Crippen LogP contribution is -2.09. The highest BCUT2D eigenvalue weighted by Gasteiger charge is 2.13. The maximum absolute atomic E-state index is 6.13. The van der Waals surface area contributed by atoms with Crippen molar-refractivity contribution < 1.29 is 4.43 Å². The van der Waals surface area contributed by atoms with Crippen LogP contribution >= 0.6 is 0 Å². The van der Waals surface area contributed by atoms with Crippen LogP contribution in [0.4, 0.5) is 0 Å². The molecule has 5 heteroatoms. The number of hydrogen-bond donors (Lipinski definition) is 0. The van der Waals surface area contributed by atoms with E-state index in [1.165, 1.54) is 64.2 Å². The number of pyridine rings is 1. The maximum Gasteiger partial charge on any atom is 0.310 e. The molecule has 0 fully saturated rings. The molecule has 2 atom stereocenters. The van der Waals surface area contributed by atoms with Gasteiger partial charge in [0.15, 0.2) is 0 Å². The van der Waals surface area contributed by atoms with E-state index in [1.807, 2.05) is 24.5 Å². The number of hydrogen-bond acceptors (Lipinski definition) is 4. The molecule has 4 nitrogen and oxygen atoms in total. The Morgan fingerprint density at radius 2 is 1.59 bits per heavy atom. The molecule has 0 aliphatic rings. The van der Waals surface area contributed by atoms with Crippen LogP contribution < -0.4 is 4.43 Å². The van der Waals surface area contributed by atoms with E-state index in [-0.39, 0.29) is 0 Å². The average Bonchev–Trinajstić information content (AvgIpc) is 2.82. The molecule has 176 valence electrons. The molecule has 0 aromatic carbocycles. The van der Waals surface area contributed by atoms with Gasteiger partial charge in [0.25, 0.3) is 0 Å². The minimum Gasteiger partial charge on any atom is -0.539 e. The topological polar surface area (TPSA) is 47.9 Å². The monoisotopic (exact) mass is 453 g/mol. The number of aryl methyl sites for hydroxylation is 1. The van der Waals surface area contributed by atoms with Gasteiger partial charge in [-0.15, -0.1) is 0 Å². The summed E-state index contributed by atoms with van der Waals surface area (Å²) in [6.07, 6.45) is 19.4. The molecule has 2 aromatic heterocycles. The van der Waals surface area contributed by atoms with Gasteiger partial charge in [0.05, 0.1) is 11.9 Å². The molecule has 2 heterocycles. The third kappa shape index (κ3) is 9.80. The highest BCUT2D eigenvalue weighted by molar-refractivity contribution is 6.28. The van der Waals surface area contributed by atoms with E-state index in [1.54, 1.807) is 6.20 Å². The van der Waals surface area contributed by atoms with Crippen molar-refractivity contribution in [3.05, 3.63) is 36.4 Å². The molecule has 0 aliphatic carbocycles. The van der Waals surface area contributed by atoms with Crippen LogP contribution in [0.25, 0.3) is 11.4 Å². The first-order valence-electron chi connectivity index (χ1n) is 12.8. The Kier molecular flexibility index (Phi) is 13.2. The minimum atomic E-state index is 0.454. The summed E-state index contributed by atoms with van der Waals surface area (Å²) in [5.74, 6) is 2.43. The van der Waals surface area contributed by atoms with Crippen LogP contribution in [0.5, 0.6) is 5.75 Å². The third-order valence-electron chi connectivity index (χ3n) is 6.36. The van der Waals surface area contributed by atoms with Gasteiger partial charge in [-0.2, -0.15) is 0 Å². The van der Waals surface area contributed by atoms with Crippen molar-refractivity contribution in [2.24, 2.45) is 11.8 Å². The number of aromatic nitrogens is 3. The van der Waals surface area contributed by atoms with Gasteiger partial charge in [-0.3, -0.25) is 15.0 Å². The Morgan fingerprint density at radius 3 is 2.31 bits per heavy atom. The van der Waals surface area contributed by atoms with E-state index < -0.39 is 0 Å². The van der Waals surface area contributed by atoms with Crippen molar-refractivity contribution in [2.45, 2.75) is 104 Å². The van der Waals surface area contributed by atoms with Crippen LogP contribution in [0, 0.1) is 11.8 Å². The summed E-state index contributed by atoms with van der Waals surface area (Å²) in [6, 6.07) is 5.02. The van der Waals surface area contributed by atoms with Crippen LogP contribution in [0.1, 0.15) is 97.6 Å². The summed E-state index contributed by atoms with van der Waals surface area (Å²) in [5.41, 5.74) is 2.65. The lowest BCUT2D eigenvalue weighted by Gasteiger charge is -2.19. The van der Waals surface area contributed by atoms with Gasteiger partial charge in [-0.05, 0) is 42.9 Å². The molecule has 0 N–H and O–H groups in total. The summed E-state index contributed by atoms with van der Waals surface area (Å²) in [5, 5.41) is 0. The van der Waals surface area contributed by atoms with Crippen molar-refractivity contribution in [1.29, 1.82) is 0 Å². The SMILES string of the molecule is CCCCCCCc1cnc(-c2ncccc2O[Si]CCCC(C)C(C)CCCC)cn1. The molecule has 2 rings (SSSR count). The predicted octanol–water partition coefficient (Wildman–Crippen LogP) is 7.71. The van der Waals surface area contributed by atoms with Crippen LogP contribution in [0.2, 0.25) is 6.04 Å². The smallest absolute Gasteiger partial charge is 0.310 e. The molecule has 0 spiro atoms. The zero-order valence-electron chi connectivity index (χ0n) is 20.8. The van der Waals surface area contributed by atoms with Crippen molar-refractivity contribution in [3.63, 3.8) is 0 Å². The predicted molar refractivity (Wildman–Crippen MR) is 136 cm³/mol. The van der Waals surface area contributed by atoms with Crippen LogP contribution in [0.15, 0.2) is 30.7 Å². The molecule has 2 aromatic rings. The van der Waals surface area contributed by atoms with Gasteiger partial charge in [0, 0.05) is 12.4 Å². The second-order valence-electron chi connectivity index (χ2n) is 9.14. The summed E-state index contributed by atoms with van der Waals surface area (Å²) >= 11 is 0. The third-order valence-corrected chi connectivity index (χ3v) is 7.28. The van der Waals surface area contributed by atoms with Gasteiger partial charge in [0.1, 0.15) is 17.1 Å². The molecular weight excluding hydrogens is 410 g/mol. The van der Waals surface area contributed by atoms with Gasteiger partial charge in [-0.25, -0.2) is 0 Å². The maximum atomic E-state index is 6.13.